The van der Waals surface area contributed by atoms with E-state index in [4.69, 9.17) is 11.6 Å². The minimum absolute atomic E-state index is 0.156. The first kappa shape index (κ1) is 17.1. The lowest BCUT2D eigenvalue weighted by Crippen LogP contribution is -2.27. The molecule has 2 aromatic heterocycles. The minimum Gasteiger partial charge on any atom is -0.367 e. The van der Waals surface area contributed by atoms with Crippen LogP contribution in [-0.4, -0.2) is 35.5 Å². The summed E-state index contributed by atoms with van der Waals surface area (Å²) >= 11 is 8.10. The highest BCUT2D eigenvalue weighted by molar-refractivity contribution is 7.18. The van der Waals surface area contributed by atoms with E-state index >= 15 is 0 Å². The van der Waals surface area contributed by atoms with Crippen LogP contribution in [-0.2, 0) is 0 Å². The summed E-state index contributed by atoms with van der Waals surface area (Å²) in [5.41, 5.74) is 2.36. The highest BCUT2D eigenvalue weighted by atomic mass is 35.5. The summed E-state index contributed by atoms with van der Waals surface area (Å²) in [5, 5.41) is 5.41. The largest absolute Gasteiger partial charge is 0.367 e. The first-order chi connectivity index (χ1) is 11.5. The van der Waals surface area contributed by atoms with Crippen LogP contribution in [0.15, 0.2) is 30.6 Å². The number of halogens is 1. The van der Waals surface area contributed by atoms with Gasteiger partial charge in [0.05, 0.1) is 11.4 Å². The molecule has 6 heteroatoms. The van der Waals surface area contributed by atoms with Crippen LogP contribution in [0.25, 0.3) is 10.2 Å². The lowest BCUT2D eigenvalue weighted by molar-refractivity contribution is 0.312. The van der Waals surface area contributed by atoms with Gasteiger partial charge in [0, 0.05) is 16.4 Å². The number of hydrogen-bond donors (Lipinski definition) is 1. The third-order valence-corrected chi connectivity index (χ3v) is 5.78. The fraction of sp³-hybridized carbons (Fsp3) is 0.333. The molecule has 0 spiro atoms. The number of rotatable bonds is 5. The van der Waals surface area contributed by atoms with Crippen LogP contribution in [0.3, 0.4) is 0 Å². The molecule has 1 atom stereocenters. The van der Waals surface area contributed by atoms with Crippen LogP contribution < -0.4 is 5.32 Å². The molecule has 4 nitrogen and oxygen atoms in total. The molecule has 3 aromatic rings. The zero-order valence-electron chi connectivity index (χ0n) is 14.3. The molecule has 0 radical (unpaired) electrons. The van der Waals surface area contributed by atoms with Gasteiger partial charge in [-0.1, -0.05) is 29.8 Å². The Morgan fingerprint density at radius 3 is 2.67 bits per heavy atom. The molecule has 0 saturated carbocycles. The number of hydrogen-bond acceptors (Lipinski definition) is 5. The molecule has 1 aromatic carbocycles. The summed E-state index contributed by atoms with van der Waals surface area (Å²) in [5.74, 6) is 0.890. The van der Waals surface area contributed by atoms with Crippen molar-refractivity contribution in [1.82, 2.24) is 14.9 Å². The maximum absolute atomic E-state index is 6.39. The van der Waals surface area contributed by atoms with Crippen molar-refractivity contribution in [3.05, 3.63) is 51.6 Å². The van der Waals surface area contributed by atoms with Crippen molar-refractivity contribution >= 4 is 39.0 Å². The van der Waals surface area contributed by atoms with Gasteiger partial charge in [-0.3, -0.25) is 0 Å². The van der Waals surface area contributed by atoms with Gasteiger partial charge in [-0.25, -0.2) is 9.97 Å². The smallest absolute Gasteiger partial charge is 0.138 e. The summed E-state index contributed by atoms with van der Waals surface area (Å²) in [6, 6.07) is 8.14. The van der Waals surface area contributed by atoms with Gasteiger partial charge < -0.3 is 10.2 Å². The van der Waals surface area contributed by atoms with E-state index in [-0.39, 0.29) is 6.04 Å². The summed E-state index contributed by atoms with van der Waals surface area (Å²) in [4.78, 5) is 13.3. The van der Waals surface area contributed by atoms with Crippen molar-refractivity contribution in [2.45, 2.75) is 19.9 Å². The molecule has 3 rings (SSSR count). The van der Waals surface area contributed by atoms with E-state index in [2.05, 4.69) is 54.2 Å². The molecule has 2 heterocycles. The number of nitrogens with one attached hydrogen (secondary N) is 1. The van der Waals surface area contributed by atoms with Crippen LogP contribution in [0.2, 0.25) is 5.02 Å². The van der Waals surface area contributed by atoms with Crippen LogP contribution in [0, 0.1) is 13.8 Å². The quantitative estimate of drug-likeness (QED) is 0.717. The van der Waals surface area contributed by atoms with E-state index < -0.39 is 0 Å². The van der Waals surface area contributed by atoms with Crippen molar-refractivity contribution in [2.24, 2.45) is 0 Å². The van der Waals surface area contributed by atoms with Crippen molar-refractivity contribution < 1.29 is 0 Å². The normalized spacial score (nSPS) is 12.8. The molecule has 0 fully saturated rings. The predicted octanol–water partition coefficient (Wildman–Crippen LogP) is 4.68. The van der Waals surface area contributed by atoms with Gasteiger partial charge in [-0.05, 0) is 45.1 Å². The summed E-state index contributed by atoms with van der Waals surface area (Å²) in [6.07, 6.45) is 1.63. The number of fused-ring (bicyclic) bond motifs is 1. The van der Waals surface area contributed by atoms with E-state index in [0.29, 0.717) is 0 Å². The average molecular weight is 361 g/mol. The molecule has 0 aliphatic heterocycles. The summed E-state index contributed by atoms with van der Waals surface area (Å²) in [7, 11) is 4.12. The maximum Gasteiger partial charge on any atom is 0.138 e. The molecule has 1 N–H and O–H groups in total. The number of anilines is 1. The predicted molar refractivity (Wildman–Crippen MR) is 103 cm³/mol. The lowest BCUT2D eigenvalue weighted by atomic mass is 10.1. The topological polar surface area (TPSA) is 41.1 Å². The molecule has 0 aliphatic rings. The highest BCUT2D eigenvalue weighted by Crippen LogP contribution is 2.33. The van der Waals surface area contributed by atoms with E-state index in [1.165, 1.54) is 10.4 Å². The number of nitrogens with zero attached hydrogens (tertiary/aromatic N) is 3. The second-order valence-corrected chi connectivity index (χ2v) is 7.68. The summed E-state index contributed by atoms with van der Waals surface area (Å²) < 4.78 is 0. The van der Waals surface area contributed by atoms with Crippen molar-refractivity contribution in [1.29, 1.82) is 0 Å². The van der Waals surface area contributed by atoms with E-state index in [9.17, 15) is 0 Å². The second-order valence-electron chi connectivity index (χ2n) is 6.07. The highest BCUT2D eigenvalue weighted by Gasteiger charge is 2.18. The number of aryl methyl sites for hydroxylation is 2. The first-order valence-corrected chi connectivity index (χ1v) is 9.04. The third-order valence-electron chi connectivity index (χ3n) is 4.32. The standard InChI is InChI=1S/C18H21ClN4S/c1-11-12(2)24-18-16(11)17(21-10-22-18)20-9-15(23(3)4)13-7-5-6-8-14(13)19/h5-8,10,15H,9H2,1-4H3,(H,20,21,22)/t15-/m1/s1. The first-order valence-electron chi connectivity index (χ1n) is 7.84. The van der Waals surface area contributed by atoms with Gasteiger partial charge in [0.15, 0.2) is 0 Å². The van der Waals surface area contributed by atoms with Gasteiger partial charge in [0.25, 0.3) is 0 Å². The lowest BCUT2D eigenvalue weighted by Gasteiger charge is -2.26. The van der Waals surface area contributed by atoms with Crippen molar-refractivity contribution in [3.8, 4) is 0 Å². The SMILES string of the molecule is Cc1sc2ncnc(NC[C@H](c3ccccc3Cl)N(C)C)c2c1C. The third kappa shape index (κ3) is 3.24. The van der Waals surface area contributed by atoms with E-state index in [1.54, 1.807) is 17.7 Å². The Labute approximate surface area is 151 Å². The van der Waals surface area contributed by atoms with Gasteiger partial charge in [0.2, 0.25) is 0 Å². The number of likely N-dealkylation sites (N-methyl/N-ethyl adjacent to an activating group) is 1. The molecule has 0 unspecified atom stereocenters. The van der Waals surface area contributed by atoms with E-state index in [1.807, 2.05) is 18.2 Å². The Morgan fingerprint density at radius 1 is 1.21 bits per heavy atom. The average Bonchev–Trinajstić information content (AvgIpc) is 2.84. The molecule has 126 valence electrons. The van der Waals surface area contributed by atoms with Crippen LogP contribution in [0.5, 0.6) is 0 Å². The monoisotopic (exact) mass is 360 g/mol. The zero-order chi connectivity index (χ0) is 17.3. The van der Waals surface area contributed by atoms with Crippen LogP contribution >= 0.6 is 22.9 Å². The Hall–Kier alpha value is -1.69. The Balaban J connectivity index is 1.90. The van der Waals surface area contributed by atoms with Gasteiger partial charge in [-0.15, -0.1) is 11.3 Å². The van der Waals surface area contributed by atoms with E-state index in [0.717, 1.165) is 33.2 Å². The summed E-state index contributed by atoms with van der Waals surface area (Å²) in [6.45, 7) is 4.97. The Morgan fingerprint density at radius 2 is 1.96 bits per heavy atom. The van der Waals surface area contributed by atoms with Gasteiger partial charge >= 0.3 is 0 Å². The fourth-order valence-electron chi connectivity index (χ4n) is 2.83. The maximum atomic E-state index is 6.39. The molecular weight excluding hydrogens is 340 g/mol. The molecule has 24 heavy (non-hydrogen) atoms. The Bertz CT molecular complexity index is 859. The molecule has 0 saturated heterocycles. The van der Waals surface area contributed by atoms with Crippen LogP contribution in [0.1, 0.15) is 22.0 Å². The molecule has 0 amide bonds. The van der Waals surface area contributed by atoms with Crippen LogP contribution in [0.4, 0.5) is 5.82 Å². The van der Waals surface area contributed by atoms with Crippen molar-refractivity contribution in [3.63, 3.8) is 0 Å². The number of thiophene rings is 1. The van der Waals surface area contributed by atoms with Crippen molar-refractivity contribution in [2.75, 3.05) is 26.0 Å². The second kappa shape index (κ2) is 7.05. The fourth-order valence-corrected chi connectivity index (χ4v) is 4.08. The number of benzene rings is 1. The van der Waals surface area contributed by atoms with Gasteiger partial charge in [0.1, 0.15) is 17.0 Å². The molecule has 0 aliphatic carbocycles. The minimum atomic E-state index is 0.156. The molecular formula is C18H21ClN4S. The number of aromatic nitrogens is 2. The zero-order valence-corrected chi connectivity index (χ0v) is 15.9. The Kier molecular flexibility index (Phi) is 5.04. The van der Waals surface area contributed by atoms with Gasteiger partial charge in [-0.2, -0.15) is 0 Å². The molecule has 0 bridgehead atoms.